The average molecular weight is 383 g/mol. The highest BCUT2D eigenvalue weighted by molar-refractivity contribution is 7.11. The van der Waals surface area contributed by atoms with Crippen LogP contribution in [0.1, 0.15) is 45.6 Å². The summed E-state index contributed by atoms with van der Waals surface area (Å²) in [5.41, 5.74) is 2.75. The van der Waals surface area contributed by atoms with Crippen LogP contribution < -0.4 is 4.74 Å². The molecule has 1 aromatic carbocycles. The highest BCUT2D eigenvalue weighted by Crippen LogP contribution is 2.29. The van der Waals surface area contributed by atoms with Gasteiger partial charge in [0.25, 0.3) is 5.91 Å². The van der Waals surface area contributed by atoms with Crippen molar-refractivity contribution < 1.29 is 13.9 Å². The minimum Gasteiger partial charge on any atom is -0.496 e. The van der Waals surface area contributed by atoms with Crippen LogP contribution in [0, 0.1) is 0 Å². The van der Waals surface area contributed by atoms with E-state index in [4.69, 9.17) is 9.15 Å². The van der Waals surface area contributed by atoms with Gasteiger partial charge in [-0.2, -0.15) is 0 Å². The van der Waals surface area contributed by atoms with Crippen molar-refractivity contribution in [3.05, 3.63) is 64.3 Å². The van der Waals surface area contributed by atoms with Crippen molar-refractivity contribution >= 4 is 17.2 Å². The molecule has 27 heavy (non-hydrogen) atoms. The lowest BCUT2D eigenvalue weighted by Crippen LogP contribution is -2.38. The summed E-state index contributed by atoms with van der Waals surface area (Å²) < 4.78 is 11.4. The molecule has 1 fully saturated rings. The normalized spacial score (nSPS) is 17.1. The van der Waals surface area contributed by atoms with E-state index in [2.05, 4.69) is 9.97 Å². The van der Waals surface area contributed by atoms with Crippen molar-refractivity contribution in [3.8, 4) is 5.75 Å². The summed E-state index contributed by atoms with van der Waals surface area (Å²) in [4.78, 5) is 23.6. The standard InChI is InChI=1S/C20H21N3O3S/c1-25-17-7-3-2-5-14(17)9-16-10-22-19(26-16)15-6-4-8-23(12-15)20(24)18-11-21-13-27-18/h2-3,5,7,10-11,13,15H,4,6,8-9,12H2,1H3. The molecule has 1 unspecified atom stereocenters. The van der Waals surface area contributed by atoms with E-state index in [0.717, 1.165) is 36.5 Å². The van der Waals surface area contributed by atoms with Crippen LogP contribution in [0.2, 0.25) is 0 Å². The lowest BCUT2D eigenvalue weighted by molar-refractivity contribution is 0.0702. The zero-order chi connectivity index (χ0) is 18.6. The number of aromatic nitrogens is 2. The largest absolute Gasteiger partial charge is 0.496 e. The molecule has 1 aliphatic rings. The van der Waals surface area contributed by atoms with Crippen molar-refractivity contribution in [2.24, 2.45) is 0 Å². The van der Waals surface area contributed by atoms with Crippen LogP contribution in [0.3, 0.4) is 0 Å². The van der Waals surface area contributed by atoms with Crippen molar-refractivity contribution in [1.82, 2.24) is 14.9 Å². The molecule has 140 valence electrons. The number of piperidine rings is 1. The summed E-state index contributed by atoms with van der Waals surface area (Å²) in [7, 11) is 1.67. The summed E-state index contributed by atoms with van der Waals surface area (Å²) in [6.07, 6.45) is 5.96. The highest BCUT2D eigenvalue weighted by Gasteiger charge is 2.29. The number of methoxy groups -OCH3 is 1. The van der Waals surface area contributed by atoms with Gasteiger partial charge in [0, 0.05) is 25.1 Å². The SMILES string of the molecule is COc1ccccc1Cc1cnc(C2CCCN(C(=O)c3cncs3)C2)o1. The Hall–Kier alpha value is -2.67. The maximum absolute atomic E-state index is 12.6. The van der Waals surface area contributed by atoms with Crippen LogP contribution in [0.25, 0.3) is 0 Å². The van der Waals surface area contributed by atoms with Crippen molar-refractivity contribution in [1.29, 1.82) is 0 Å². The zero-order valence-electron chi connectivity index (χ0n) is 15.1. The van der Waals surface area contributed by atoms with Gasteiger partial charge in [-0.05, 0) is 18.9 Å². The molecule has 0 aliphatic carbocycles. The number of ether oxygens (including phenoxy) is 1. The lowest BCUT2D eigenvalue weighted by Gasteiger charge is -2.30. The molecule has 1 atom stereocenters. The van der Waals surface area contributed by atoms with Crippen molar-refractivity contribution in [3.63, 3.8) is 0 Å². The Kier molecular flexibility index (Phi) is 5.20. The van der Waals surface area contributed by atoms with Gasteiger partial charge in [0.15, 0.2) is 5.89 Å². The molecule has 3 heterocycles. The Morgan fingerprint density at radius 2 is 2.26 bits per heavy atom. The fourth-order valence-corrected chi connectivity index (χ4v) is 4.06. The number of benzene rings is 1. The van der Waals surface area contributed by atoms with E-state index in [-0.39, 0.29) is 11.8 Å². The maximum atomic E-state index is 12.6. The molecule has 0 N–H and O–H groups in total. The van der Waals surface area contributed by atoms with E-state index in [9.17, 15) is 4.79 Å². The molecule has 1 amide bonds. The number of carbonyl (C=O) groups excluding carboxylic acids is 1. The Morgan fingerprint density at radius 3 is 3.07 bits per heavy atom. The van der Waals surface area contributed by atoms with Gasteiger partial charge in [0.1, 0.15) is 16.4 Å². The molecular formula is C20H21N3O3S. The second-order valence-corrected chi connectivity index (χ2v) is 7.50. The molecule has 0 spiro atoms. The van der Waals surface area contributed by atoms with Crippen LogP contribution >= 0.6 is 11.3 Å². The predicted octanol–water partition coefficient (Wildman–Crippen LogP) is 3.75. The minimum atomic E-state index is 0.0444. The van der Waals surface area contributed by atoms with Crippen LogP contribution in [0.15, 0.2) is 46.6 Å². The van der Waals surface area contributed by atoms with E-state index in [0.29, 0.717) is 23.7 Å². The van der Waals surface area contributed by atoms with Gasteiger partial charge in [0.05, 0.1) is 30.9 Å². The second-order valence-electron chi connectivity index (χ2n) is 6.61. The number of thiazole rings is 1. The average Bonchev–Trinajstić information content (AvgIpc) is 3.40. The van der Waals surface area contributed by atoms with Gasteiger partial charge >= 0.3 is 0 Å². The van der Waals surface area contributed by atoms with Crippen LogP contribution in [-0.2, 0) is 6.42 Å². The maximum Gasteiger partial charge on any atom is 0.265 e. The van der Waals surface area contributed by atoms with Gasteiger partial charge in [-0.25, -0.2) is 4.98 Å². The lowest BCUT2D eigenvalue weighted by atomic mass is 9.98. The molecule has 3 aromatic rings. The smallest absolute Gasteiger partial charge is 0.265 e. The van der Waals surface area contributed by atoms with Gasteiger partial charge < -0.3 is 14.1 Å². The zero-order valence-corrected chi connectivity index (χ0v) is 15.9. The van der Waals surface area contributed by atoms with E-state index in [1.54, 1.807) is 25.0 Å². The highest BCUT2D eigenvalue weighted by atomic mass is 32.1. The monoisotopic (exact) mass is 383 g/mol. The first kappa shape index (κ1) is 17.7. The third kappa shape index (κ3) is 3.88. The van der Waals surface area contributed by atoms with E-state index in [1.165, 1.54) is 11.3 Å². The number of likely N-dealkylation sites (tertiary alicyclic amines) is 1. The number of oxazole rings is 1. The third-order valence-electron chi connectivity index (χ3n) is 4.83. The molecule has 0 radical (unpaired) electrons. The Bertz CT molecular complexity index is 907. The number of hydrogen-bond donors (Lipinski definition) is 0. The molecule has 0 saturated carbocycles. The molecule has 1 aliphatic heterocycles. The van der Waals surface area contributed by atoms with Crippen molar-refractivity contribution in [2.75, 3.05) is 20.2 Å². The van der Waals surface area contributed by atoms with E-state index < -0.39 is 0 Å². The summed E-state index contributed by atoms with van der Waals surface area (Å²) in [6, 6.07) is 7.90. The molecule has 6 nitrogen and oxygen atoms in total. The first-order valence-electron chi connectivity index (χ1n) is 8.99. The number of nitrogens with zero attached hydrogens (tertiary/aromatic N) is 3. The third-order valence-corrected chi connectivity index (χ3v) is 5.59. The summed E-state index contributed by atoms with van der Waals surface area (Å²) in [6.45, 7) is 1.40. The molecule has 7 heteroatoms. The Morgan fingerprint density at radius 1 is 1.37 bits per heavy atom. The molecular weight excluding hydrogens is 362 g/mol. The number of rotatable bonds is 5. The quantitative estimate of drug-likeness (QED) is 0.671. The molecule has 2 aromatic heterocycles. The van der Waals surface area contributed by atoms with Crippen LogP contribution in [-0.4, -0.2) is 41.0 Å². The molecule has 0 bridgehead atoms. The molecule has 1 saturated heterocycles. The summed E-state index contributed by atoms with van der Waals surface area (Å²) in [5.74, 6) is 2.53. The number of amides is 1. The van der Waals surface area contributed by atoms with E-state index >= 15 is 0 Å². The van der Waals surface area contributed by atoms with Gasteiger partial charge in [-0.1, -0.05) is 18.2 Å². The van der Waals surface area contributed by atoms with Gasteiger partial charge in [-0.15, -0.1) is 11.3 Å². The van der Waals surface area contributed by atoms with Crippen molar-refractivity contribution in [2.45, 2.75) is 25.2 Å². The minimum absolute atomic E-state index is 0.0444. The van der Waals surface area contributed by atoms with E-state index in [1.807, 2.05) is 29.2 Å². The second kappa shape index (κ2) is 7.92. The number of para-hydroxylation sites is 1. The predicted molar refractivity (Wildman–Crippen MR) is 102 cm³/mol. The summed E-state index contributed by atoms with van der Waals surface area (Å²) in [5, 5.41) is 0. The number of hydrogen-bond acceptors (Lipinski definition) is 6. The Labute approximate surface area is 161 Å². The van der Waals surface area contributed by atoms with Gasteiger partial charge in [0.2, 0.25) is 0 Å². The fraction of sp³-hybridized carbons (Fsp3) is 0.350. The fourth-order valence-electron chi connectivity index (χ4n) is 3.47. The first-order chi connectivity index (χ1) is 13.2. The molecule has 4 rings (SSSR count). The Balaban J connectivity index is 1.45. The van der Waals surface area contributed by atoms with Crippen LogP contribution in [0.5, 0.6) is 5.75 Å². The number of carbonyl (C=O) groups is 1. The first-order valence-corrected chi connectivity index (χ1v) is 9.87. The summed E-state index contributed by atoms with van der Waals surface area (Å²) >= 11 is 1.38. The van der Waals surface area contributed by atoms with Crippen LogP contribution in [0.4, 0.5) is 0 Å². The van der Waals surface area contributed by atoms with Gasteiger partial charge in [-0.3, -0.25) is 9.78 Å². The topological polar surface area (TPSA) is 68.5 Å².